The molecule has 0 radical (unpaired) electrons. The number of carbonyl (C=O) groups excluding carboxylic acids is 1. The Morgan fingerprint density at radius 3 is 2.47 bits per heavy atom. The first-order chi connectivity index (χ1) is 15.3. The van der Waals surface area contributed by atoms with Crippen LogP contribution in [0.25, 0.3) is 0 Å². The van der Waals surface area contributed by atoms with Gasteiger partial charge in [0, 0.05) is 27.1 Å². The molecule has 2 aromatic rings. The van der Waals surface area contributed by atoms with Crippen molar-refractivity contribution in [2.24, 2.45) is 0 Å². The largest absolute Gasteiger partial charge is 0.496 e. The number of aryl methyl sites for hydroxylation is 2. The van der Waals surface area contributed by atoms with Crippen molar-refractivity contribution in [3.8, 4) is 11.5 Å². The van der Waals surface area contributed by atoms with Crippen LogP contribution in [0.4, 0.5) is 0 Å². The summed E-state index contributed by atoms with van der Waals surface area (Å²) >= 11 is 0. The molecule has 7 nitrogen and oxygen atoms in total. The van der Waals surface area contributed by atoms with E-state index in [1.807, 2.05) is 24.3 Å². The number of benzene rings is 2. The van der Waals surface area contributed by atoms with Crippen molar-refractivity contribution < 1.29 is 22.7 Å². The van der Waals surface area contributed by atoms with Gasteiger partial charge in [-0.05, 0) is 61.1 Å². The summed E-state index contributed by atoms with van der Waals surface area (Å²) in [4.78, 5) is 12.5. The summed E-state index contributed by atoms with van der Waals surface area (Å²) in [6.45, 7) is 3.33. The first kappa shape index (κ1) is 25.7. The monoisotopic (exact) mass is 462 g/mol. The molecule has 2 rings (SSSR count). The maximum atomic E-state index is 12.4. The fourth-order valence-corrected chi connectivity index (χ4v) is 4.18. The van der Waals surface area contributed by atoms with Gasteiger partial charge in [0.1, 0.15) is 11.5 Å². The summed E-state index contributed by atoms with van der Waals surface area (Å²) in [7, 11) is 0.954. The fourth-order valence-electron chi connectivity index (χ4n) is 3.23. The van der Waals surface area contributed by atoms with Crippen molar-refractivity contribution in [1.82, 2.24) is 9.62 Å². The zero-order valence-electron chi connectivity index (χ0n) is 19.4. The van der Waals surface area contributed by atoms with Gasteiger partial charge in [-0.3, -0.25) is 4.79 Å². The molecule has 0 atom stereocenters. The zero-order valence-corrected chi connectivity index (χ0v) is 20.2. The SMILES string of the molecule is CCCOc1ccccc1CCCNC(=O)CCc1cc(S(=O)(=O)N(C)C)ccc1OC. The van der Waals surface area contributed by atoms with Crippen LogP contribution in [0.1, 0.15) is 37.3 Å². The normalized spacial score (nSPS) is 11.4. The molecule has 0 bridgehead atoms. The molecule has 0 aliphatic rings. The summed E-state index contributed by atoms with van der Waals surface area (Å²) < 4.78 is 37.1. The Bertz CT molecular complexity index is 990. The number of hydrogen-bond donors (Lipinski definition) is 1. The molecular formula is C24H34N2O5S. The molecule has 0 aromatic heterocycles. The van der Waals surface area contributed by atoms with Gasteiger partial charge in [0.2, 0.25) is 15.9 Å². The average Bonchev–Trinajstić information content (AvgIpc) is 2.79. The van der Waals surface area contributed by atoms with Crippen LogP contribution in [-0.2, 0) is 27.7 Å². The molecule has 0 aliphatic carbocycles. The fraction of sp³-hybridized carbons (Fsp3) is 0.458. The molecule has 2 aromatic carbocycles. The minimum absolute atomic E-state index is 0.0801. The smallest absolute Gasteiger partial charge is 0.242 e. The highest BCUT2D eigenvalue weighted by atomic mass is 32.2. The second-order valence-electron chi connectivity index (χ2n) is 7.67. The number of nitrogens with zero attached hydrogens (tertiary/aromatic N) is 1. The maximum absolute atomic E-state index is 12.4. The number of sulfonamides is 1. The molecule has 0 saturated heterocycles. The summed E-state index contributed by atoms with van der Waals surface area (Å²) in [6, 6.07) is 12.7. The van der Waals surface area contributed by atoms with Crippen LogP contribution in [-0.4, -0.2) is 53.0 Å². The van der Waals surface area contributed by atoms with E-state index in [-0.39, 0.29) is 17.2 Å². The molecule has 0 unspecified atom stereocenters. The first-order valence-electron chi connectivity index (χ1n) is 10.9. The number of carbonyl (C=O) groups is 1. The highest BCUT2D eigenvalue weighted by Crippen LogP contribution is 2.25. The van der Waals surface area contributed by atoms with Crippen LogP contribution < -0.4 is 14.8 Å². The zero-order chi connectivity index (χ0) is 23.6. The molecule has 0 heterocycles. The minimum Gasteiger partial charge on any atom is -0.496 e. The van der Waals surface area contributed by atoms with E-state index in [4.69, 9.17) is 9.47 Å². The standard InChI is InChI=1S/C24H34N2O5S/c1-5-17-31-23-11-7-6-9-19(23)10-8-16-25-24(27)15-12-20-18-21(13-14-22(20)30-4)32(28,29)26(2)3/h6-7,9,11,13-14,18H,5,8,10,12,15-17H2,1-4H3,(H,25,27). The molecule has 176 valence electrons. The second kappa shape index (κ2) is 12.5. The Morgan fingerprint density at radius 2 is 1.78 bits per heavy atom. The molecule has 0 aliphatic heterocycles. The predicted octanol–water partition coefficient (Wildman–Crippen LogP) is 3.42. The van der Waals surface area contributed by atoms with E-state index in [1.165, 1.54) is 27.3 Å². The number of nitrogens with one attached hydrogen (secondary N) is 1. The lowest BCUT2D eigenvalue weighted by Crippen LogP contribution is -2.25. The highest BCUT2D eigenvalue weighted by Gasteiger charge is 2.19. The molecular weight excluding hydrogens is 428 g/mol. The number of rotatable bonds is 13. The molecule has 1 amide bonds. The summed E-state index contributed by atoms with van der Waals surface area (Å²) in [5, 5.41) is 2.94. The van der Waals surface area contributed by atoms with Crippen molar-refractivity contribution in [2.75, 3.05) is 34.4 Å². The van der Waals surface area contributed by atoms with Crippen molar-refractivity contribution in [3.05, 3.63) is 53.6 Å². The third-order valence-corrected chi connectivity index (χ3v) is 6.84. The van der Waals surface area contributed by atoms with Gasteiger partial charge in [0.05, 0.1) is 18.6 Å². The van der Waals surface area contributed by atoms with Gasteiger partial charge < -0.3 is 14.8 Å². The van der Waals surface area contributed by atoms with Gasteiger partial charge in [-0.15, -0.1) is 0 Å². The average molecular weight is 463 g/mol. The Hall–Kier alpha value is -2.58. The van der Waals surface area contributed by atoms with Crippen LogP contribution >= 0.6 is 0 Å². The van der Waals surface area contributed by atoms with Gasteiger partial charge in [0.15, 0.2) is 0 Å². The van der Waals surface area contributed by atoms with E-state index >= 15 is 0 Å². The van der Waals surface area contributed by atoms with E-state index in [9.17, 15) is 13.2 Å². The third kappa shape index (κ3) is 7.24. The molecule has 0 spiro atoms. The molecule has 1 N–H and O–H groups in total. The molecule has 32 heavy (non-hydrogen) atoms. The second-order valence-corrected chi connectivity index (χ2v) is 9.82. The molecule has 0 fully saturated rings. The lowest BCUT2D eigenvalue weighted by molar-refractivity contribution is -0.121. The number of methoxy groups -OCH3 is 1. The van der Waals surface area contributed by atoms with Gasteiger partial charge >= 0.3 is 0 Å². The lowest BCUT2D eigenvalue weighted by Gasteiger charge is -2.14. The Kier molecular flexibility index (Phi) is 9.99. The minimum atomic E-state index is -3.55. The molecule has 8 heteroatoms. The highest BCUT2D eigenvalue weighted by molar-refractivity contribution is 7.89. The van der Waals surface area contributed by atoms with Crippen molar-refractivity contribution in [2.45, 2.75) is 43.9 Å². The van der Waals surface area contributed by atoms with Gasteiger partial charge in [-0.2, -0.15) is 0 Å². The van der Waals surface area contributed by atoms with Crippen LogP contribution in [0, 0.1) is 0 Å². The predicted molar refractivity (Wildman–Crippen MR) is 126 cm³/mol. The lowest BCUT2D eigenvalue weighted by atomic mass is 10.1. The van der Waals surface area contributed by atoms with Crippen molar-refractivity contribution >= 4 is 15.9 Å². The van der Waals surface area contributed by atoms with Crippen LogP contribution in [0.2, 0.25) is 0 Å². The molecule has 0 saturated carbocycles. The van der Waals surface area contributed by atoms with E-state index in [2.05, 4.69) is 12.2 Å². The van der Waals surface area contributed by atoms with E-state index in [0.29, 0.717) is 30.9 Å². The Balaban J connectivity index is 1.87. The topological polar surface area (TPSA) is 84.9 Å². The van der Waals surface area contributed by atoms with E-state index in [1.54, 1.807) is 12.1 Å². The van der Waals surface area contributed by atoms with Crippen LogP contribution in [0.15, 0.2) is 47.4 Å². The van der Waals surface area contributed by atoms with Gasteiger partial charge in [-0.1, -0.05) is 25.1 Å². The van der Waals surface area contributed by atoms with Crippen LogP contribution in [0.3, 0.4) is 0 Å². The number of hydrogen-bond acceptors (Lipinski definition) is 5. The van der Waals surface area contributed by atoms with E-state index in [0.717, 1.165) is 34.9 Å². The quantitative estimate of drug-likeness (QED) is 0.461. The van der Waals surface area contributed by atoms with Gasteiger partial charge in [0.25, 0.3) is 0 Å². The van der Waals surface area contributed by atoms with Crippen molar-refractivity contribution in [3.63, 3.8) is 0 Å². The third-order valence-electron chi connectivity index (χ3n) is 5.03. The Morgan fingerprint density at radius 1 is 1.03 bits per heavy atom. The van der Waals surface area contributed by atoms with Gasteiger partial charge in [-0.25, -0.2) is 12.7 Å². The Labute approximate surface area is 191 Å². The van der Waals surface area contributed by atoms with Crippen LogP contribution in [0.5, 0.6) is 11.5 Å². The first-order valence-corrected chi connectivity index (χ1v) is 12.3. The summed E-state index contributed by atoms with van der Waals surface area (Å²) in [5.41, 5.74) is 1.83. The van der Waals surface area contributed by atoms with Crippen molar-refractivity contribution in [1.29, 1.82) is 0 Å². The number of para-hydroxylation sites is 1. The number of amides is 1. The summed E-state index contributed by atoms with van der Waals surface area (Å²) in [6.07, 6.45) is 3.22. The number of ether oxygens (including phenoxy) is 2. The summed E-state index contributed by atoms with van der Waals surface area (Å²) in [5.74, 6) is 1.39. The van der Waals surface area contributed by atoms with E-state index < -0.39 is 10.0 Å². The maximum Gasteiger partial charge on any atom is 0.242 e.